The van der Waals surface area contributed by atoms with Gasteiger partial charge in [0, 0.05) is 0 Å². The van der Waals surface area contributed by atoms with Gasteiger partial charge in [-0.05, 0) is 26.0 Å². The Kier molecular flexibility index (Phi) is 10.6. The van der Waals surface area contributed by atoms with Crippen LogP contribution >= 0.6 is 0 Å². The fourth-order valence-electron chi connectivity index (χ4n) is 1.26. The van der Waals surface area contributed by atoms with Crippen LogP contribution in [0.1, 0.15) is 52.4 Å². The van der Waals surface area contributed by atoms with Crippen LogP contribution in [0.15, 0.2) is 25.0 Å². The third-order valence-corrected chi connectivity index (χ3v) is 2.25. The molecule has 0 amide bonds. The van der Waals surface area contributed by atoms with Crippen molar-refractivity contribution in [2.45, 2.75) is 52.4 Å². The summed E-state index contributed by atoms with van der Waals surface area (Å²) in [5.74, 6) is 0.531. The monoisotopic (exact) mass is 242 g/mol. The van der Waals surface area contributed by atoms with Crippen LogP contribution in [0.5, 0.6) is 0 Å². The van der Waals surface area contributed by atoms with E-state index in [-0.39, 0.29) is 11.9 Å². The van der Waals surface area contributed by atoms with Gasteiger partial charge in [0.25, 0.3) is 11.9 Å². The quantitative estimate of drug-likeness (QED) is 0.376. The Balaban J connectivity index is 3.42. The predicted octanol–water partition coefficient (Wildman–Crippen LogP) is 4.36. The highest BCUT2D eigenvalue weighted by molar-refractivity contribution is 4.79. The van der Waals surface area contributed by atoms with Crippen LogP contribution < -0.4 is 0 Å². The Morgan fingerprint density at radius 3 is 1.53 bits per heavy atom. The van der Waals surface area contributed by atoms with Crippen LogP contribution in [0.4, 0.5) is 0 Å². The molecule has 100 valence electrons. The summed E-state index contributed by atoms with van der Waals surface area (Å²) < 4.78 is 15.7. The molecule has 0 fully saturated rings. The van der Waals surface area contributed by atoms with Crippen molar-refractivity contribution < 1.29 is 14.2 Å². The summed E-state index contributed by atoms with van der Waals surface area (Å²) in [6.45, 7) is 12.9. The lowest BCUT2D eigenvalue weighted by molar-refractivity contribution is -0.00419. The molecule has 0 aromatic heterocycles. The molecule has 0 aliphatic heterocycles. The van der Waals surface area contributed by atoms with Crippen LogP contribution in [-0.2, 0) is 14.2 Å². The van der Waals surface area contributed by atoms with Crippen LogP contribution in [-0.4, -0.2) is 13.2 Å². The van der Waals surface area contributed by atoms with Crippen molar-refractivity contribution in [1.82, 2.24) is 0 Å². The summed E-state index contributed by atoms with van der Waals surface area (Å²) in [6.07, 6.45) is 6.68. The normalized spacial score (nSPS) is 9.76. The molecule has 3 heteroatoms. The number of hydrogen-bond donors (Lipinski definition) is 0. The van der Waals surface area contributed by atoms with E-state index in [1.54, 1.807) is 0 Å². The van der Waals surface area contributed by atoms with Gasteiger partial charge in [0.2, 0.25) is 0 Å². The first kappa shape index (κ1) is 15.9. The van der Waals surface area contributed by atoms with Crippen molar-refractivity contribution in [2.75, 3.05) is 13.2 Å². The van der Waals surface area contributed by atoms with Crippen LogP contribution in [0.3, 0.4) is 0 Å². The van der Waals surface area contributed by atoms with Gasteiger partial charge in [-0.2, -0.15) is 0 Å². The summed E-state index contributed by atoms with van der Waals surface area (Å²) >= 11 is 0. The molecule has 0 saturated carbocycles. The van der Waals surface area contributed by atoms with Gasteiger partial charge in [-0.25, -0.2) is 0 Å². The van der Waals surface area contributed by atoms with Gasteiger partial charge in [-0.1, -0.05) is 39.5 Å². The predicted molar refractivity (Wildman–Crippen MR) is 70.3 cm³/mol. The molecule has 0 N–H and O–H groups in total. The van der Waals surface area contributed by atoms with E-state index in [4.69, 9.17) is 14.2 Å². The molecule has 0 bridgehead atoms. The molecular formula is C14H26O3. The van der Waals surface area contributed by atoms with Crippen molar-refractivity contribution in [1.29, 1.82) is 0 Å². The van der Waals surface area contributed by atoms with Gasteiger partial charge < -0.3 is 14.2 Å². The van der Waals surface area contributed by atoms with Gasteiger partial charge in [0.1, 0.15) is 0 Å². The van der Waals surface area contributed by atoms with E-state index in [0.29, 0.717) is 13.2 Å². The maximum atomic E-state index is 5.28. The minimum Gasteiger partial charge on any atom is -0.466 e. The number of unbranched alkanes of at least 4 members (excludes halogenated alkanes) is 4. The zero-order valence-electron chi connectivity index (χ0n) is 11.3. The zero-order valence-corrected chi connectivity index (χ0v) is 11.3. The highest BCUT2D eigenvalue weighted by Gasteiger charge is 2.01. The minimum atomic E-state index is 0.265. The van der Waals surface area contributed by atoms with Gasteiger partial charge in [-0.3, -0.25) is 0 Å². The van der Waals surface area contributed by atoms with E-state index in [2.05, 4.69) is 27.0 Å². The first-order chi connectivity index (χ1) is 8.20. The Bertz CT molecular complexity index is 190. The summed E-state index contributed by atoms with van der Waals surface area (Å²) in [5.41, 5.74) is 0. The molecular weight excluding hydrogens is 216 g/mol. The highest BCUT2D eigenvalue weighted by atomic mass is 16.7. The van der Waals surface area contributed by atoms with Gasteiger partial charge >= 0.3 is 0 Å². The Hall–Kier alpha value is -1.12. The average molecular weight is 242 g/mol. The molecule has 0 aromatic carbocycles. The fraction of sp³-hybridized carbons (Fsp3) is 0.714. The maximum absolute atomic E-state index is 5.28. The van der Waals surface area contributed by atoms with Crippen molar-refractivity contribution in [3.8, 4) is 0 Å². The number of ether oxygens (including phenoxy) is 3. The van der Waals surface area contributed by atoms with E-state index < -0.39 is 0 Å². The molecule has 0 rings (SSSR count). The first-order valence-electron chi connectivity index (χ1n) is 6.52. The maximum Gasteiger partial charge on any atom is 0.279 e. The molecule has 0 radical (unpaired) electrons. The molecule has 0 aliphatic rings. The highest BCUT2D eigenvalue weighted by Crippen LogP contribution is 2.08. The van der Waals surface area contributed by atoms with Crippen molar-refractivity contribution in [3.63, 3.8) is 0 Å². The Morgan fingerprint density at radius 2 is 1.18 bits per heavy atom. The third-order valence-electron chi connectivity index (χ3n) is 2.25. The number of rotatable bonds is 12. The van der Waals surface area contributed by atoms with Crippen molar-refractivity contribution >= 4 is 0 Å². The smallest absolute Gasteiger partial charge is 0.279 e. The molecule has 0 heterocycles. The summed E-state index contributed by atoms with van der Waals surface area (Å²) in [4.78, 5) is 0. The van der Waals surface area contributed by atoms with E-state index in [0.717, 1.165) is 25.7 Å². The third kappa shape index (κ3) is 11.1. The first-order valence-corrected chi connectivity index (χ1v) is 6.52. The molecule has 0 spiro atoms. The Morgan fingerprint density at radius 1 is 0.765 bits per heavy atom. The zero-order chi connectivity index (χ0) is 12.9. The molecule has 0 atom stereocenters. The largest absolute Gasteiger partial charge is 0.466 e. The van der Waals surface area contributed by atoms with Crippen LogP contribution in [0, 0.1) is 0 Å². The van der Waals surface area contributed by atoms with Crippen LogP contribution in [0.2, 0.25) is 0 Å². The van der Waals surface area contributed by atoms with Gasteiger partial charge in [-0.15, -0.1) is 0 Å². The topological polar surface area (TPSA) is 27.7 Å². The molecule has 0 unspecified atom stereocenters. The minimum absolute atomic E-state index is 0.265. The molecule has 0 aromatic rings. The standard InChI is InChI=1S/C14H26O3/c1-5-7-9-11-15-13(3)17-14(4)16-12-10-8-6-2/h3-12H2,1-2H3. The van der Waals surface area contributed by atoms with Crippen LogP contribution in [0.25, 0.3) is 0 Å². The van der Waals surface area contributed by atoms with E-state index in [9.17, 15) is 0 Å². The Labute approximate surface area is 105 Å². The average Bonchev–Trinajstić information content (AvgIpc) is 2.30. The van der Waals surface area contributed by atoms with Gasteiger partial charge in [0.15, 0.2) is 0 Å². The van der Waals surface area contributed by atoms with E-state index >= 15 is 0 Å². The second kappa shape index (κ2) is 11.4. The second-order valence-electron chi connectivity index (χ2n) is 3.96. The molecule has 3 nitrogen and oxygen atoms in total. The lowest BCUT2D eigenvalue weighted by Crippen LogP contribution is -2.02. The summed E-state index contributed by atoms with van der Waals surface area (Å²) in [6, 6.07) is 0. The number of hydrogen-bond acceptors (Lipinski definition) is 3. The van der Waals surface area contributed by atoms with Crippen molar-refractivity contribution in [2.24, 2.45) is 0 Å². The van der Waals surface area contributed by atoms with Gasteiger partial charge in [0.05, 0.1) is 13.2 Å². The fourth-order valence-corrected chi connectivity index (χ4v) is 1.26. The lowest BCUT2D eigenvalue weighted by atomic mass is 10.3. The summed E-state index contributed by atoms with van der Waals surface area (Å²) in [7, 11) is 0. The SMILES string of the molecule is C=C(OCCCCC)OC(=C)OCCCCC. The molecule has 17 heavy (non-hydrogen) atoms. The van der Waals surface area contributed by atoms with E-state index in [1.807, 2.05) is 0 Å². The second-order valence-corrected chi connectivity index (χ2v) is 3.96. The molecule has 0 saturated heterocycles. The lowest BCUT2D eigenvalue weighted by Gasteiger charge is -2.12. The molecule has 0 aliphatic carbocycles. The summed E-state index contributed by atoms with van der Waals surface area (Å²) in [5, 5.41) is 0. The van der Waals surface area contributed by atoms with Crippen molar-refractivity contribution in [3.05, 3.63) is 25.0 Å². The van der Waals surface area contributed by atoms with E-state index in [1.165, 1.54) is 12.8 Å².